The van der Waals surface area contributed by atoms with Gasteiger partial charge in [-0.15, -0.1) is 0 Å². The first-order chi connectivity index (χ1) is 50.7. The largest absolute Gasteiger partial charge is 0.377 e. The third kappa shape index (κ3) is 44.5. The normalized spacial score (nSPS) is 24.6. The molecular weight excluding hydrogens is 1350 g/mol. The zero-order valence-electron chi connectivity index (χ0n) is 80.0. The van der Waals surface area contributed by atoms with Crippen molar-refractivity contribution in [3.05, 3.63) is 0 Å². The third-order valence-electron chi connectivity index (χ3n) is 26.1. The summed E-state index contributed by atoms with van der Waals surface area (Å²) >= 11 is 0. The summed E-state index contributed by atoms with van der Waals surface area (Å²) in [6.07, 6.45) is 25.0. The topological polar surface area (TPSA) is 57.3 Å². The van der Waals surface area contributed by atoms with E-state index < -0.39 is 0 Å². The highest BCUT2D eigenvalue weighted by Crippen LogP contribution is 2.34. The second-order valence-corrected chi connectivity index (χ2v) is 48.1. The number of hydrogen-bond donors (Lipinski definition) is 0. The maximum Gasteiger partial charge on any atom is 0.0602 e. The summed E-state index contributed by atoms with van der Waals surface area (Å²) in [4.78, 5) is 31.9. The molecule has 8 heterocycles. The molecule has 0 aromatic heterocycles. The van der Waals surface area contributed by atoms with Crippen LogP contribution in [0.15, 0.2) is 0 Å². The summed E-state index contributed by atoms with van der Waals surface area (Å²) < 4.78 is 12.2. The summed E-state index contributed by atoms with van der Waals surface area (Å²) in [5, 5.41) is 0. The van der Waals surface area contributed by atoms with Crippen LogP contribution in [0.5, 0.6) is 0 Å². The van der Waals surface area contributed by atoms with Gasteiger partial charge in [0.15, 0.2) is 0 Å². The Kier molecular flexibility index (Phi) is 41.6. The lowest BCUT2D eigenvalue weighted by molar-refractivity contribution is -0.0945. The zero-order valence-corrected chi connectivity index (χ0v) is 80.0. The molecule has 9 aliphatic rings. The number of hydrogen-bond acceptors (Lipinski definition) is 14. The standard InChI is InChI=1S/3C20H41N3.C20H40N2O2.C16H33N/c1-19(2,3)9-12-21-13-15-22(16-14-21)17-18-7-10-23(11-8-18)20(4,5)6;1-19(2,3)9-12-21-10-7-18(8-11-21)17-22-13-15-23(16-14-22)20(4,5)6;1-19(2,3)10-7-18-8-11-21(12-9-18)17-22-13-15-23(16-14-22)20(4,5)6;1-19(2,3)22-13-11-21(12-14-22)15-16-23-17-7-9-18(10-8-17)24-20(4,5)6;1-15(2,3)10-7-14-8-11-17(12-9-14)13-16(4,5)6/h3*18H,7-17H2,1-6H3;17-18H,7-16H2,1-6H3;14H,7-13H2,1-6H3. The van der Waals surface area contributed by atoms with E-state index in [0.717, 1.165) is 62.5 Å². The molecule has 1 aliphatic carbocycles. The minimum atomic E-state index is -0.0203. The molecule has 0 N–H and O–H groups in total. The predicted molar refractivity (Wildman–Crippen MR) is 481 cm³/mol. The van der Waals surface area contributed by atoms with Crippen molar-refractivity contribution in [2.75, 3.05) is 210 Å². The summed E-state index contributed by atoms with van der Waals surface area (Å²) in [5.41, 5.74) is 3.72. The number of nitrogens with zero attached hydrogens (tertiary/aromatic N) is 12. The van der Waals surface area contributed by atoms with Crippen LogP contribution in [-0.4, -0.2) is 308 Å². The Morgan fingerprint density at radius 3 is 0.864 bits per heavy atom. The lowest BCUT2D eigenvalue weighted by Crippen LogP contribution is -2.55. The van der Waals surface area contributed by atoms with Gasteiger partial charge in [0.05, 0.1) is 31.1 Å². The summed E-state index contributed by atoms with van der Waals surface area (Å²) in [6, 6.07) is 0. The molecule has 0 aromatic carbocycles. The molecule has 8 saturated heterocycles. The minimum absolute atomic E-state index is 0.0203. The van der Waals surface area contributed by atoms with Crippen molar-refractivity contribution in [1.29, 1.82) is 0 Å². The van der Waals surface area contributed by atoms with Crippen molar-refractivity contribution in [3.8, 4) is 0 Å². The molecule has 0 amide bonds. The van der Waals surface area contributed by atoms with Crippen molar-refractivity contribution in [3.63, 3.8) is 0 Å². The van der Waals surface area contributed by atoms with Crippen LogP contribution in [-0.2, 0) is 9.47 Å². The highest BCUT2D eigenvalue weighted by atomic mass is 16.5. The van der Waals surface area contributed by atoms with Crippen LogP contribution in [0.1, 0.15) is 323 Å². The minimum Gasteiger partial charge on any atom is -0.377 e. The van der Waals surface area contributed by atoms with E-state index in [9.17, 15) is 0 Å². The van der Waals surface area contributed by atoms with Gasteiger partial charge in [-0.2, -0.15) is 0 Å². The molecule has 0 radical (unpaired) electrons. The molecule has 0 spiro atoms. The van der Waals surface area contributed by atoms with E-state index in [0.29, 0.717) is 61.4 Å². The maximum atomic E-state index is 6.15. The molecule has 14 nitrogen and oxygen atoms in total. The maximum absolute atomic E-state index is 6.15. The Balaban J connectivity index is 0.000000247. The lowest BCUT2D eigenvalue weighted by atomic mass is 9.83. The van der Waals surface area contributed by atoms with Crippen molar-refractivity contribution in [2.45, 2.75) is 363 Å². The molecule has 8 aliphatic heterocycles. The molecule has 652 valence electrons. The van der Waals surface area contributed by atoms with Gasteiger partial charge in [-0.3, -0.25) is 34.3 Å². The zero-order chi connectivity index (χ0) is 82.2. The van der Waals surface area contributed by atoms with Crippen LogP contribution in [0.2, 0.25) is 0 Å². The van der Waals surface area contributed by atoms with Crippen LogP contribution < -0.4 is 0 Å². The Bertz CT molecular complexity index is 2180. The fourth-order valence-electron chi connectivity index (χ4n) is 18.1. The molecule has 0 bridgehead atoms. The van der Waals surface area contributed by atoms with Gasteiger partial charge in [0.1, 0.15) is 0 Å². The first-order valence-electron chi connectivity index (χ1n) is 46.8. The molecule has 9 rings (SSSR count). The van der Waals surface area contributed by atoms with Crippen LogP contribution in [0.3, 0.4) is 0 Å². The molecule has 0 unspecified atom stereocenters. The fourth-order valence-corrected chi connectivity index (χ4v) is 18.1. The highest BCUT2D eigenvalue weighted by Gasteiger charge is 2.35. The van der Waals surface area contributed by atoms with E-state index in [-0.39, 0.29) is 5.60 Å². The molecule has 0 atom stereocenters. The van der Waals surface area contributed by atoms with Crippen LogP contribution in [0.4, 0.5) is 0 Å². The number of piperidine rings is 4. The van der Waals surface area contributed by atoms with Gasteiger partial charge in [-0.25, -0.2) is 0 Å². The quantitative estimate of drug-likeness (QED) is 0.116. The molecule has 0 aromatic rings. The van der Waals surface area contributed by atoms with E-state index >= 15 is 0 Å². The first kappa shape index (κ1) is 100. The molecular formula is C96H196N12O2. The van der Waals surface area contributed by atoms with E-state index in [2.05, 4.69) is 267 Å². The molecule has 110 heavy (non-hydrogen) atoms. The van der Waals surface area contributed by atoms with Gasteiger partial charge in [0, 0.05) is 153 Å². The number of piperazine rings is 4. The Morgan fingerprint density at radius 1 is 0.236 bits per heavy atom. The van der Waals surface area contributed by atoms with Crippen LogP contribution in [0, 0.1) is 50.7 Å². The number of likely N-dealkylation sites (tertiary alicyclic amines) is 4. The van der Waals surface area contributed by atoms with Gasteiger partial charge in [0.25, 0.3) is 0 Å². The van der Waals surface area contributed by atoms with Gasteiger partial charge in [-0.05, 0) is 336 Å². The van der Waals surface area contributed by atoms with Gasteiger partial charge < -0.3 is 34.0 Å². The average Bonchev–Trinajstić information content (AvgIpc) is 0.891. The van der Waals surface area contributed by atoms with Crippen molar-refractivity contribution < 1.29 is 9.47 Å². The monoisotopic (exact) mass is 1550 g/mol. The van der Waals surface area contributed by atoms with Crippen LogP contribution >= 0.6 is 0 Å². The van der Waals surface area contributed by atoms with E-state index in [1.807, 2.05) is 0 Å². The lowest BCUT2D eigenvalue weighted by Gasteiger charge is -2.44. The van der Waals surface area contributed by atoms with Gasteiger partial charge in [-0.1, -0.05) is 104 Å². The van der Waals surface area contributed by atoms with Gasteiger partial charge >= 0.3 is 0 Å². The predicted octanol–water partition coefficient (Wildman–Crippen LogP) is 19.1. The number of ether oxygens (including phenoxy) is 2. The Morgan fingerprint density at radius 2 is 0.509 bits per heavy atom. The number of rotatable bonds is 20. The second kappa shape index (κ2) is 45.7. The van der Waals surface area contributed by atoms with E-state index in [4.69, 9.17) is 9.47 Å². The van der Waals surface area contributed by atoms with E-state index in [1.165, 1.54) is 286 Å². The summed E-state index contributed by atoms with van der Waals surface area (Å²) in [6.45, 7) is 110. The van der Waals surface area contributed by atoms with Crippen molar-refractivity contribution in [2.24, 2.45) is 50.7 Å². The summed E-state index contributed by atoms with van der Waals surface area (Å²) in [7, 11) is 0. The first-order valence-corrected chi connectivity index (χ1v) is 46.8. The molecule has 9 fully saturated rings. The van der Waals surface area contributed by atoms with Gasteiger partial charge in [0.2, 0.25) is 0 Å². The molecule has 14 heteroatoms. The SMILES string of the molecule is CC(C)(C)CCC1CCN(CC(C)(C)C)CC1.CC(C)(C)CCC1CCN(CN2CCN(C(C)(C)C)CC2)CC1.CC(C)(C)CCN1CCC(CN2CCN(C(C)(C)C)CC2)CC1.CC(C)(C)CCN1CCN(CC2CCN(C(C)(C)C)CC2)CC1.CC(C)(C)OC1CCC(OCCN2CCN(C(C)(C)C)CC2)CC1. The Labute approximate surface area is 688 Å². The third-order valence-corrected chi connectivity index (χ3v) is 26.1. The highest BCUT2D eigenvalue weighted by molar-refractivity contribution is 4.90. The second-order valence-electron chi connectivity index (χ2n) is 48.1. The van der Waals surface area contributed by atoms with E-state index in [1.54, 1.807) is 0 Å². The molecule has 1 saturated carbocycles. The van der Waals surface area contributed by atoms with Crippen molar-refractivity contribution in [1.82, 2.24) is 58.8 Å². The average molecular weight is 1550 g/mol. The van der Waals surface area contributed by atoms with Crippen LogP contribution in [0.25, 0.3) is 0 Å². The fraction of sp³-hybridized carbons (Fsp3) is 1.00. The van der Waals surface area contributed by atoms with Crippen molar-refractivity contribution >= 4 is 0 Å². The Hall–Kier alpha value is -0.560. The smallest absolute Gasteiger partial charge is 0.0602 e. The summed E-state index contributed by atoms with van der Waals surface area (Å²) in [5.74, 6) is 3.82.